The predicted molar refractivity (Wildman–Crippen MR) is 126 cm³/mol. The van der Waals surface area contributed by atoms with Crippen molar-refractivity contribution in [1.82, 2.24) is 9.97 Å². The number of hydrogen-bond acceptors (Lipinski definition) is 8. The zero-order valence-corrected chi connectivity index (χ0v) is 19.9. The highest BCUT2D eigenvalue weighted by Crippen LogP contribution is 2.32. The lowest BCUT2D eigenvalue weighted by molar-refractivity contribution is 0.400. The number of pyridine rings is 2. The van der Waals surface area contributed by atoms with E-state index in [9.17, 15) is 25.6 Å². The van der Waals surface area contributed by atoms with Gasteiger partial charge in [-0.1, -0.05) is 6.07 Å². The highest BCUT2D eigenvalue weighted by Gasteiger charge is 2.22. The molecule has 0 aliphatic rings. The van der Waals surface area contributed by atoms with Crippen LogP contribution in [-0.4, -0.2) is 40.2 Å². The van der Waals surface area contributed by atoms with E-state index in [1.54, 1.807) is 18.2 Å². The number of aromatic nitrogens is 2. The van der Waals surface area contributed by atoms with Gasteiger partial charge >= 0.3 is 0 Å². The molecule has 0 amide bonds. The molecule has 2 heterocycles. The summed E-state index contributed by atoms with van der Waals surface area (Å²) < 4.78 is 84.2. The zero-order chi connectivity index (χ0) is 25.5. The maximum Gasteiger partial charge on any atom is 0.264 e. The van der Waals surface area contributed by atoms with Gasteiger partial charge < -0.3 is 10.5 Å². The van der Waals surface area contributed by atoms with Gasteiger partial charge in [-0.15, -0.1) is 0 Å². The molecule has 0 radical (unpaired) electrons. The second kappa shape index (κ2) is 8.74. The normalized spacial score (nSPS) is 12.0. The number of benzene rings is 2. The van der Waals surface area contributed by atoms with Crippen molar-refractivity contribution in [3.05, 3.63) is 66.4 Å². The highest BCUT2D eigenvalue weighted by atomic mass is 32.2. The molecule has 182 valence electrons. The second-order valence-corrected chi connectivity index (χ2v) is 11.1. The third-order valence-corrected chi connectivity index (χ3v) is 7.54. The summed E-state index contributed by atoms with van der Waals surface area (Å²) in [5.74, 6) is -2.39. The summed E-state index contributed by atoms with van der Waals surface area (Å²) in [4.78, 5) is 7.36. The fourth-order valence-electron chi connectivity index (χ4n) is 3.39. The number of methoxy groups -OCH3 is 1. The minimum atomic E-state index is -4.46. The zero-order valence-electron chi connectivity index (χ0n) is 18.3. The predicted octanol–water partition coefficient (Wildman–Crippen LogP) is 3.37. The van der Waals surface area contributed by atoms with Gasteiger partial charge in [0.05, 0.1) is 12.6 Å². The molecule has 0 aliphatic carbocycles. The molecular weight excluding hydrogens is 502 g/mol. The first-order valence-corrected chi connectivity index (χ1v) is 13.2. The van der Waals surface area contributed by atoms with E-state index in [4.69, 9.17) is 10.5 Å². The Labute approximate surface area is 199 Å². The number of rotatable bonds is 6. The first-order chi connectivity index (χ1) is 16.4. The lowest BCUT2D eigenvalue weighted by atomic mass is 10.0. The van der Waals surface area contributed by atoms with Gasteiger partial charge in [0.2, 0.25) is 5.88 Å². The van der Waals surface area contributed by atoms with Crippen molar-refractivity contribution in [2.24, 2.45) is 0 Å². The van der Waals surface area contributed by atoms with Crippen LogP contribution in [0.3, 0.4) is 0 Å². The molecule has 2 aromatic heterocycles. The summed E-state index contributed by atoms with van der Waals surface area (Å²) in [6, 6.07) is 9.81. The van der Waals surface area contributed by atoms with Gasteiger partial charge in [-0.3, -0.25) is 4.72 Å². The van der Waals surface area contributed by atoms with Crippen LogP contribution < -0.4 is 15.2 Å². The molecule has 9 nitrogen and oxygen atoms in total. The number of anilines is 2. The van der Waals surface area contributed by atoms with Crippen LogP contribution in [0.5, 0.6) is 5.88 Å². The van der Waals surface area contributed by atoms with Gasteiger partial charge in [-0.05, 0) is 42.0 Å². The molecule has 4 aromatic rings. The molecule has 0 bridgehead atoms. The molecule has 0 unspecified atom stereocenters. The Morgan fingerprint density at radius 2 is 1.69 bits per heavy atom. The molecule has 2 aromatic carbocycles. The molecule has 4 rings (SSSR count). The molecule has 0 aliphatic heterocycles. The third-order valence-electron chi connectivity index (χ3n) is 5.01. The minimum absolute atomic E-state index is 0.0885. The van der Waals surface area contributed by atoms with E-state index in [2.05, 4.69) is 14.7 Å². The number of nitrogens with one attached hydrogen (secondary N) is 1. The van der Waals surface area contributed by atoms with Crippen LogP contribution in [-0.2, 0) is 19.9 Å². The second-order valence-electron chi connectivity index (χ2n) is 7.51. The quantitative estimate of drug-likeness (QED) is 0.394. The summed E-state index contributed by atoms with van der Waals surface area (Å²) in [5, 5.41) is 0.475. The summed E-state index contributed by atoms with van der Waals surface area (Å²) in [6.45, 7) is 0. The number of nitrogens with zero attached hydrogens (tertiary/aromatic N) is 2. The summed E-state index contributed by atoms with van der Waals surface area (Å²) in [5.41, 5.74) is 7.11. The molecule has 0 saturated heterocycles. The summed E-state index contributed by atoms with van der Waals surface area (Å²) in [6.07, 6.45) is 2.43. The SMILES string of the molecule is COc1ncc(-c2ccc3nc(N)c(S(C)(=O)=O)cc3c2)cc1NS(=O)(=O)c1ccc(F)cc1F. The van der Waals surface area contributed by atoms with Crippen LogP contribution in [0.15, 0.2) is 64.5 Å². The van der Waals surface area contributed by atoms with Gasteiger partial charge in [0, 0.05) is 29.5 Å². The van der Waals surface area contributed by atoms with Crippen molar-refractivity contribution in [1.29, 1.82) is 0 Å². The van der Waals surface area contributed by atoms with Crippen LogP contribution in [0.25, 0.3) is 22.0 Å². The third kappa shape index (κ3) is 4.86. The van der Waals surface area contributed by atoms with Gasteiger partial charge in [-0.2, -0.15) is 0 Å². The van der Waals surface area contributed by atoms with Crippen molar-refractivity contribution in [2.45, 2.75) is 9.79 Å². The van der Waals surface area contributed by atoms with Crippen LogP contribution in [0.1, 0.15) is 0 Å². The van der Waals surface area contributed by atoms with Crippen molar-refractivity contribution in [3.8, 4) is 17.0 Å². The Kier molecular flexibility index (Phi) is 6.07. The van der Waals surface area contributed by atoms with E-state index < -0.39 is 36.4 Å². The van der Waals surface area contributed by atoms with Gasteiger partial charge in [0.1, 0.15) is 32.9 Å². The molecule has 0 spiro atoms. The molecule has 0 atom stereocenters. The summed E-state index contributed by atoms with van der Waals surface area (Å²) in [7, 11) is -6.80. The van der Waals surface area contributed by atoms with E-state index in [1.165, 1.54) is 25.4 Å². The molecule has 0 saturated carbocycles. The number of nitrogen functional groups attached to an aromatic ring is 1. The number of ether oxygens (including phenoxy) is 1. The van der Waals surface area contributed by atoms with Gasteiger partial charge in [0.15, 0.2) is 9.84 Å². The van der Waals surface area contributed by atoms with Crippen molar-refractivity contribution < 1.29 is 30.4 Å². The van der Waals surface area contributed by atoms with Gasteiger partial charge in [-0.25, -0.2) is 35.6 Å². The number of halogens is 2. The molecular formula is C22H18F2N4O5S2. The summed E-state index contributed by atoms with van der Waals surface area (Å²) >= 11 is 0. The highest BCUT2D eigenvalue weighted by molar-refractivity contribution is 7.92. The van der Waals surface area contributed by atoms with Crippen LogP contribution in [0.2, 0.25) is 0 Å². The Balaban J connectivity index is 1.79. The largest absolute Gasteiger partial charge is 0.480 e. The molecule has 0 fully saturated rings. The van der Waals surface area contributed by atoms with E-state index >= 15 is 0 Å². The molecule has 35 heavy (non-hydrogen) atoms. The molecule has 3 N–H and O–H groups in total. The van der Waals surface area contributed by atoms with E-state index in [0.29, 0.717) is 28.1 Å². The minimum Gasteiger partial charge on any atom is -0.480 e. The number of fused-ring (bicyclic) bond motifs is 1. The van der Waals surface area contributed by atoms with Crippen molar-refractivity contribution >= 4 is 42.3 Å². The Bertz CT molecular complexity index is 1690. The smallest absolute Gasteiger partial charge is 0.264 e. The number of nitrogens with two attached hydrogens (primary N) is 1. The Morgan fingerprint density at radius 1 is 0.943 bits per heavy atom. The van der Waals surface area contributed by atoms with Crippen molar-refractivity contribution in [3.63, 3.8) is 0 Å². The first-order valence-electron chi connectivity index (χ1n) is 9.81. The van der Waals surface area contributed by atoms with Crippen LogP contribution >= 0.6 is 0 Å². The fourth-order valence-corrected chi connectivity index (χ4v) is 5.26. The van der Waals surface area contributed by atoms with Crippen LogP contribution in [0.4, 0.5) is 20.3 Å². The fraction of sp³-hybridized carbons (Fsp3) is 0.0909. The maximum atomic E-state index is 14.1. The van der Waals surface area contributed by atoms with Crippen molar-refractivity contribution in [2.75, 3.05) is 23.8 Å². The monoisotopic (exact) mass is 520 g/mol. The van der Waals surface area contributed by atoms with E-state index in [-0.39, 0.29) is 22.3 Å². The number of sulfonamides is 1. The standard InChI is InChI=1S/C22H18F2N4O5S2/c1-33-22-18(28-35(31,32)19-6-4-15(23)10-16(19)24)8-14(11-26-22)12-3-5-17-13(7-12)9-20(21(25)27-17)34(2,29)30/h3-11,28H,1-2H3,(H2,25,27). The average Bonchev–Trinajstić information content (AvgIpc) is 2.77. The number of sulfone groups is 1. The Morgan fingerprint density at radius 3 is 2.34 bits per heavy atom. The molecule has 13 heteroatoms. The lowest BCUT2D eigenvalue weighted by Gasteiger charge is -2.13. The lowest BCUT2D eigenvalue weighted by Crippen LogP contribution is -2.15. The van der Waals surface area contributed by atoms with Gasteiger partial charge in [0.25, 0.3) is 10.0 Å². The first kappa shape index (κ1) is 24.3. The number of hydrogen-bond donors (Lipinski definition) is 2. The Hall–Kier alpha value is -3.84. The van der Waals surface area contributed by atoms with E-state index in [1.807, 2.05) is 0 Å². The average molecular weight is 521 g/mol. The van der Waals surface area contributed by atoms with Crippen LogP contribution in [0, 0.1) is 11.6 Å². The van der Waals surface area contributed by atoms with E-state index in [0.717, 1.165) is 18.4 Å². The maximum absolute atomic E-state index is 14.1. The topological polar surface area (TPSA) is 141 Å².